The fourth-order valence-electron chi connectivity index (χ4n) is 5.48. The molecule has 2 fully saturated rings. The fourth-order valence-corrected chi connectivity index (χ4v) is 5.48. The minimum atomic E-state index is -4.59. The Morgan fingerprint density at radius 1 is 0.903 bits per heavy atom. The van der Waals surface area contributed by atoms with Gasteiger partial charge in [0.1, 0.15) is 0 Å². The molecule has 2 aliphatic carbocycles. The largest absolute Gasteiger partial charge is 0.481 e. The highest BCUT2D eigenvalue weighted by atomic mass is 19.4. The van der Waals surface area contributed by atoms with Crippen molar-refractivity contribution < 1.29 is 26.7 Å². The van der Waals surface area contributed by atoms with E-state index in [9.17, 15) is 22.0 Å². The van der Waals surface area contributed by atoms with Crippen molar-refractivity contribution in [1.82, 2.24) is 0 Å². The van der Waals surface area contributed by atoms with E-state index in [1.54, 1.807) is 0 Å². The van der Waals surface area contributed by atoms with Gasteiger partial charge in [0.15, 0.2) is 18.2 Å². The normalized spacial score (nSPS) is 27.5. The molecule has 0 amide bonds. The van der Waals surface area contributed by atoms with Crippen LogP contribution in [-0.2, 0) is 0 Å². The lowest BCUT2D eigenvalue weighted by Crippen LogP contribution is -2.25. The van der Waals surface area contributed by atoms with Crippen molar-refractivity contribution in [2.45, 2.75) is 83.2 Å². The summed E-state index contributed by atoms with van der Waals surface area (Å²) in [6, 6.07) is 2.52. The van der Waals surface area contributed by atoms with E-state index in [-0.39, 0.29) is 11.5 Å². The molecule has 0 radical (unpaired) electrons. The first-order valence-corrected chi connectivity index (χ1v) is 11.6. The van der Waals surface area contributed by atoms with Crippen LogP contribution in [0.2, 0.25) is 0 Å². The van der Waals surface area contributed by atoms with Crippen LogP contribution >= 0.6 is 0 Å². The predicted molar refractivity (Wildman–Crippen MR) is 112 cm³/mol. The lowest BCUT2D eigenvalue weighted by molar-refractivity contribution is -0.153. The second kappa shape index (κ2) is 10.8. The number of hydrogen-bond donors (Lipinski definition) is 0. The summed E-state index contributed by atoms with van der Waals surface area (Å²) >= 11 is 0. The van der Waals surface area contributed by atoms with Gasteiger partial charge in [0.25, 0.3) is 0 Å². The molecule has 0 bridgehead atoms. The zero-order valence-corrected chi connectivity index (χ0v) is 18.2. The van der Waals surface area contributed by atoms with Crippen molar-refractivity contribution in [3.8, 4) is 5.75 Å². The summed E-state index contributed by atoms with van der Waals surface area (Å²) in [5.74, 6) is -0.935. The SMILES string of the molecule is CC=CCCC1CCC(C2CCC(c3ccc(OCC(F)(F)F)c(F)c3F)CC2)CC1. The van der Waals surface area contributed by atoms with Crippen molar-refractivity contribution >= 4 is 0 Å². The van der Waals surface area contributed by atoms with Gasteiger partial charge in [-0.3, -0.25) is 0 Å². The number of alkyl halides is 3. The fraction of sp³-hybridized carbons (Fsp3) is 0.680. The Labute approximate surface area is 182 Å². The first-order chi connectivity index (χ1) is 14.8. The van der Waals surface area contributed by atoms with Gasteiger partial charge in [-0.2, -0.15) is 17.6 Å². The van der Waals surface area contributed by atoms with Gasteiger partial charge in [0, 0.05) is 0 Å². The van der Waals surface area contributed by atoms with E-state index in [0.717, 1.165) is 43.6 Å². The second-order valence-corrected chi connectivity index (χ2v) is 9.22. The zero-order valence-electron chi connectivity index (χ0n) is 18.2. The van der Waals surface area contributed by atoms with Gasteiger partial charge in [-0.15, -0.1) is 0 Å². The number of allylic oxidation sites excluding steroid dienone is 2. The Hall–Kier alpha value is -1.59. The number of ether oxygens (including phenoxy) is 1. The Bertz CT molecular complexity index is 726. The summed E-state index contributed by atoms with van der Waals surface area (Å²) in [6.45, 7) is 0.426. The summed E-state index contributed by atoms with van der Waals surface area (Å²) in [7, 11) is 0. The van der Waals surface area contributed by atoms with Gasteiger partial charge in [0.2, 0.25) is 5.82 Å². The van der Waals surface area contributed by atoms with Crippen molar-refractivity contribution in [2.24, 2.45) is 17.8 Å². The van der Waals surface area contributed by atoms with E-state index in [0.29, 0.717) is 5.92 Å². The Morgan fingerprint density at radius 2 is 1.52 bits per heavy atom. The van der Waals surface area contributed by atoms with Crippen LogP contribution in [0.3, 0.4) is 0 Å². The number of halogens is 5. The third kappa shape index (κ3) is 6.69. The topological polar surface area (TPSA) is 9.23 Å². The summed E-state index contributed by atoms with van der Waals surface area (Å²) in [5.41, 5.74) is 0.267. The maximum absolute atomic E-state index is 14.5. The molecular weight excluding hydrogens is 411 g/mol. The van der Waals surface area contributed by atoms with Crippen molar-refractivity contribution in [2.75, 3.05) is 6.61 Å². The molecule has 0 spiro atoms. The maximum Gasteiger partial charge on any atom is 0.422 e. The average Bonchev–Trinajstić information content (AvgIpc) is 2.75. The van der Waals surface area contributed by atoms with Crippen LogP contribution in [0.1, 0.15) is 82.6 Å². The molecule has 1 aromatic rings. The quantitative estimate of drug-likeness (QED) is 0.303. The van der Waals surface area contributed by atoms with E-state index in [4.69, 9.17) is 0 Å². The van der Waals surface area contributed by atoms with E-state index in [2.05, 4.69) is 23.8 Å². The lowest BCUT2D eigenvalue weighted by atomic mass is 9.68. The van der Waals surface area contributed by atoms with E-state index < -0.39 is 30.2 Å². The summed E-state index contributed by atoms with van der Waals surface area (Å²) in [6.07, 6.45) is 10.9. The van der Waals surface area contributed by atoms with Gasteiger partial charge in [0.05, 0.1) is 0 Å². The van der Waals surface area contributed by atoms with E-state index >= 15 is 0 Å². The van der Waals surface area contributed by atoms with Crippen LogP contribution < -0.4 is 4.74 Å². The molecule has 174 valence electrons. The Kier molecular flexibility index (Phi) is 8.40. The van der Waals surface area contributed by atoms with Gasteiger partial charge < -0.3 is 4.74 Å². The molecule has 0 saturated heterocycles. The minimum absolute atomic E-state index is 0.0837. The highest BCUT2D eigenvalue weighted by Crippen LogP contribution is 2.45. The molecule has 31 heavy (non-hydrogen) atoms. The van der Waals surface area contributed by atoms with Crippen molar-refractivity contribution in [1.29, 1.82) is 0 Å². The molecule has 0 unspecified atom stereocenters. The Balaban J connectivity index is 1.50. The number of rotatable bonds is 7. The number of benzene rings is 1. The van der Waals surface area contributed by atoms with Gasteiger partial charge >= 0.3 is 6.18 Å². The molecule has 0 aromatic heterocycles. The van der Waals surface area contributed by atoms with E-state index in [1.807, 2.05) is 0 Å². The van der Waals surface area contributed by atoms with Gasteiger partial charge in [-0.25, -0.2) is 4.39 Å². The summed E-state index contributed by atoms with van der Waals surface area (Å²) in [4.78, 5) is 0. The molecule has 1 nitrogen and oxygen atoms in total. The molecular formula is C25H33F5O. The number of hydrogen-bond acceptors (Lipinski definition) is 1. The van der Waals surface area contributed by atoms with Gasteiger partial charge in [-0.1, -0.05) is 31.1 Å². The molecule has 0 heterocycles. The maximum atomic E-state index is 14.5. The molecule has 0 N–H and O–H groups in total. The van der Waals surface area contributed by atoms with Gasteiger partial charge in [-0.05, 0) is 93.6 Å². The minimum Gasteiger partial charge on any atom is -0.481 e. The van der Waals surface area contributed by atoms with E-state index in [1.165, 1.54) is 44.6 Å². The predicted octanol–water partition coefficient (Wildman–Crippen LogP) is 8.34. The lowest BCUT2D eigenvalue weighted by Gasteiger charge is -2.38. The van der Waals surface area contributed by atoms with Crippen LogP contribution in [0.25, 0.3) is 0 Å². The van der Waals surface area contributed by atoms with Crippen LogP contribution in [-0.4, -0.2) is 12.8 Å². The highest BCUT2D eigenvalue weighted by molar-refractivity contribution is 5.33. The first kappa shape index (κ1) is 24.1. The third-order valence-electron chi connectivity index (χ3n) is 7.22. The second-order valence-electron chi connectivity index (χ2n) is 9.22. The van der Waals surface area contributed by atoms with Crippen molar-refractivity contribution in [3.05, 3.63) is 41.5 Å². The Morgan fingerprint density at radius 3 is 2.10 bits per heavy atom. The third-order valence-corrected chi connectivity index (χ3v) is 7.22. The first-order valence-electron chi connectivity index (χ1n) is 11.6. The smallest absolute Gasteiger partial charge is 0.422 e. The highest BCUT2D eigenvalue weighted by Gasteiger charge is 2.33. The standard InChI is InChI=1S/C25H33F5O/c1-2-3-4-5-17-6-8-18(9-7-17)19-10-12-20(13-11-19)21-14-15-22(24(27)23(21)26)31-16-25(28,29)30/h2-3,14-15,17-20H,4-13,16H2,1H3. The summed E-state index contributed by atoms with van der Waals surface area (Å²) in [5, 5.41) is 0. The zero-order chi connectivity index (χ0) is 22.4. The van der Waals surface area contributed by atoms with Crippen LogP contribution in [0.15, 0.2) is 24.3 Å². The molecule has 6 heteroatoms. The molecule has 0 aliphatic heterocycles. The van der Waals surface area contributed by atoms with Crippen LogP contribution in [0, 0.1) is 29.4 Å². The monoisotopic (exact) mass is 444 g/mol. The van der Waals surface area contributed by atoms with Crippen molar-refractivity contribution in [3.63, 3.8) is 0 Å². The molecule has 1 aromatic carbocycles. The van der Waals surface area contributed by atoms with Crippen LogP contribution in [0.4, 0.5) is 22.0 Å². The molecule has 0 atom stereocenters. The average molecular weight is 445 g/mol. The molecule has 2 aliphatic rings. The van der Waals surface area contributed by atoms with Crippen LogP contribution in [0.5, 0.6) is 5.75 Å². The molecule has 3 rings (SSSR count). The summed E-state index contributed by atoms with van der Waals surface area (Å²) < 4.78 is 70.0. The molecule has 2 saturated carbocycles.